The van der Waals surface area contributed by atoms with Crippen LogP contribution in [0.3, 0.4) is 0 Å². The molecule has 0 bridgehead atoms. The lowest BCUT2D eigenvalue weighted by Gasteiger charge is -2.13. The number of para-hydroxylation sites is 1. The van der Waals surface area contributed by atoms with Crippen molar-refractivity contribution in [2.45, 2.75) is 38.6 Å². The van der Waals surface area contributed by atoms with Crippen LogP contribution >= 0.6 is 0 Å². The molecule has 1 aliphatic carbocycles. The normalized spacial score (nSPS) is 13.6. The number of aromatic nitrogens is 2. The molecule has 3 rings (SSSR count). The zero-order valence-corrected chi connectivity index (χ0v) is 15.7. The molecule has 0 spiro atoms. The van der Waals surface area contributed by atoms with Crippen LogP contribution in [0.4, 0.5) is 5.95 Å². The number of methoxy groups -OCH3 is 1. The Kier molecular flexibility index (Phi) is 6.79. The van der Waals surface area contributed by atoms with Gasteiger partial charge in [0.2, 0.25) is 5.95 Å². The molecule has 1 heterocycles. The van der Waals surface area contributed by atoms with Crippen LogP contribution in [0.25, 0.3) is 0 Å². The summed E-state index contributed by atoms with van der Waals surface area (Å²) < 4.78 is 5.33. The Bertz CT molecular complexity index is 787. The molecule has 1 aromatic carbocycles. The van der Waals surface area contributed by atoms with Crippen molar-refractivity contribution in [1.82, 2.24) is 15.3 Å². The Labute approximate surface area is 160 Å². The molecule has 6 nitrogen and oxygen atoms in total. The van der Waals surface area contributed by atoms with Gasteiger partial charge in [0.25, 0.3) is 5.91 Å². The van der Waals surface area contributed by atoms with Gasteiger partial charge in [-0.05, 0) is 38.2 Å². The highest BCUT2D eigenvalue weighted by Crippen LogP contribution is 2.19. The van der Waals surface area contributed by atoms with E-state index in [1.807, 2.05) is 24.3 Å². The molecule has 1 aromatic heterocycles. The standard InChI is InChI=1S/C21H26N4O2/c1-27-19-10-6-5-9-17(19)13-23-21-24-14-18(15-25-21)20(26)22-12-11-16-7-3-2-4-8-16/h5-7,9-10,14-15H,2-4,8,11-13H2,1H3,(H,22,26)(H,23,24,25). The van der Waals surface area contributed by atoms with Crippen LogP contribution in [0.1, 0.15) is 48.0 Å². The number of nitrogens with zero attached hydrogens (tertiary/aromatic N) is 2. The summed E-state index contributed by atoms with van der Waals surface area (Å²) in [7, 11) is 1.65. The summed E-state index contributed by atoms with van der Waals surface area (Å²) in [6.07, 6.45) is 11.2. The van der Waals surface area contributed by atoms with E-state index in [0.29, 0.717) is 24.6 Å². The molecular weight excluding hydrogens is 340 g/mol. The van der Waals surface area contributed by atoms with Crippen molar-refractivity contribution in [2.24, 2.45) is 0 Å². The van der Waals surface area contributed by atoms with Gasteiger partial charge in [-0.3, -0.25) is 4.79 Å². The number of hydrogen-bond donors (Lipinski definition) is 2. The highest BCUT2D eigenvalue weighted by molar-refractivity contribution is 5.93. The Morgan fingerprint density at radius 3 is 2.74 bits per heavy atom. The van der Waals surface area contributed by atoms with E-state index in [1.165, 1.54) is 24.8 Å². The number of ether oxygens (including phenoxy) is 1. The molecule has 2 N–H and O–H groups in total. The molecule has 0 saturated heterocycles. The Morgan fingerprint density at radius 2 is 2.00 bits per heavy atom. The minimum Gasteiger partial charge on any atom is -0.496 e. The van der Waals surface area contributed by atoms with Crippen LogP contribution in [-0.4, -0.2) is 29.5 Å². The molecule has 27 heavy (non-hydrogen) atoms. The third kappa shape index (κ3) is 5.54. The van der Waals surface area contributed by atoms with E-state index in [-0.39, 0.29) is 5.91 Å². The van der Waals surface area contributed by atoms with E-state index < -0.39 is 0 Å². The maximum Gasteiger partial charge on any atom is 0.254 e. The smallest absolute Gasteiger partial charge is 0.254 e. The first kappa shape index (κ1) is 18.9. The molecule has 2 aromatic rings. The van der Waals surface area contributed by atoms with Crippen LogP contribution in [0.2, 0.25) is 0 Å². The van der Waals surface area contributed by atoms with Gasteiger partial charge in [-0.2, -0.15) is 0 Å². The Hall–Kier alpha value is -2.89. The maximum atomic E-state index is 12.2. The van der Waals surface area contributed by atoms with E-state index in [9.17, 15) is 4.79 Å². The summed E-state index contributed by atoms with van der Waals surface area (Å²) >= 11 is 0. The number of hydrogen-bond acceptors (Lipinski definition) is 5. The lowest BCUT2D eigenvalue weighted by molar-refractivity contribution is 0.0953. The van der Waals surface area contributed by atoms with Crippen molar-refractivity contribution < 1.29 is 9.53 Å². The van der Waals surface area contributed by atoms with Gasteiger partial charge in [0, 0.05) is 31.0 Å². The monoisotopic (exact) mass is 366 g/mol. The summed E-state index contributed by atoms with van der Waals surface area (Å²) in [4.78, 5) is 20.7. The van der Waals surface area contributed by atoms with E-state index in [1.54, 1.807) is 19.5 Å². The zero-order chi connectivity index (χ0) is 18.9. The van der Waals surface area contributed by atoms with Gasteiger partial charge in [0.15, 0.2) is 0 Å². The minimum atomic E-state index is -0.136. The second-order valence-corrected chi connectivity index (χ2v) is 6.57. The number of nitrogens with one attached hydrogen (secondary N) is 2. The van der Waals surface area contributed by atoms with Crippen molar-refractivity contribution in [1.29, 1.82) is 0 Å². The third-order valence-electron chi connectivity index (χ3n) is 4.66. The maximum absolute atomic E-state index is 12.2. The second-order valence-electron chi connectivity index (χ2n) is 6.57. The van der Waals surface area contributed by atoms with E-state index >= 15 is 0 Å². The molecule has 0 unspecified atom stereocenters. The average Bonchev–Trinajstić information content (AvgIpc) is 2.73. The topological polar surface area (TPSA) is 76.1 Å². The van der Waals surface area contributed by atoms with Crippen LogP contribution in [0.5, 0.6) is 5.75 Å². The SMILES string of the molecule is COc1ccccc1CNc1ncc(C(=O)NCCC2=CCCCC2)cn1. The first-order valence-corrected chi connectivity index (χ1v) is 9.40. The first-order chi connectivity index (χ1) is 13.3. The summed E-state index contributed by atoms with van der Waals surface area (Å²) in [6.45, 7) is 1.20. The van der Waals surface area contributed by atoms with Crippen LogP contribution in [0, 0.1) is 0 Å². The Balaban J connectivity index is 1.47. The predicted octanol–water partition coefficient (Wildman–Crippen LogP) is 3.72. The highest BCUT2D eigenvalue weighted by Gasteiger charge is 2.09. The number of allylic oxidation sites excluding steroid dienone is 1. The van der Waals surface area contributed by atoms with E-state index in [0.717, 1.165) is 24.2 Å². The number of rotatable bonds is 8. The lowest BCUT2D eigenvalue weighted by Crippen LogP contribution is -2.25. The van der Waals surface area contributed by atoms with Gasteiger partial charge in [-0.15, -0.1) is 0 Å². The highest BCUT2D eigenvalue weighted by atomic mass is 16.5. The zero-order valence-electron chi connectivity index (χ0n) is 15.7. The second kappa shape index (κ2) is 9.71. The number of benzene rings is 1. The number of carbonyl (C=O) groups is 1. The molecule has 1 aliphatic rings. The van der Waals surface area contributed by atoms with Crippen LogP contribution in [0.15, 0.2) is 48.3 Å². The predicted molar refractivity (Wildman–Crippen MR) is 106 cm³/mol. The molecule has 0 fully saturated rings. The van der Waals surface area contributed by atoms with Crippen molar-refractivity contribution in [3.05, 3.63) is 59.4 Å². The lowest BCUT2D eigenvalue weighted by atomic mass is 9.97. The number of amides is 1. The molecule has 142 valence electrons. The average molecular weight is 366 g/mol. The molecule has 0 atom stereocenters. The van der Waals surface area contributed by atoms with Crippen molar-refractivity contribution in [3.63, 3.8) is 0 Å². The third-order valence-corrected chi connectivity index (χ3v) is 4.66. The summed E-state index contributed by atoms with van der Waals surface area (Å²) in [6, 6.07) is 7.78. The molecule has 1 amide bonds. The molecule has 6 heteroatoms. The number of carbonyl (C=O) groups excluding carboxylic acids is 1. The van der Waals surface area contributed by atoms with Gasteiger partial charge < -0.3 is 15.4 Å². The quantitative estimate of drug-likeness (QED) is 0.697. The van der Waals surface area contributed by atoms with Gasteiger partial charge in [-0.1, -0.05) is 29.8 Å². The van der Waals surface area contributed by atoms with Crippen molar-refractivity contribution in [2.75, 3.05) is 19.0 Å². The van der Waals surface area contributed by atoms with Gasteiger partial charge in [-0.25, -0.2) is 9.97 Å². The fourth-order valence-corrected chi connectivity index (χ4v) is 3.13. The fraction of sp³-hybridized carbons (Fsp3) is 0.381. The van der Waals surface area contributed by atoms with Gasteiger partial charge >= 0.3 is 0 Å². The largest absolute Gasteiger partial charge is 0.496 e. The molecule has 0 aliphatic heterocycles. The van der Waals surface area contributed by atoms with Crippen molar-refractivity contribution >= 4 is 11.9 Å². The molecule has 0 saturated carbocycles. The Morgan fingerprint density at radius 1 is 1.19 bits per heavy atom. The van der Waals surface area contributed by atoms with Crippen LogP contribution in [-0.2, 0) is 6.54 Å². The molecule has 0 radical (unpaired) electrons. The van der Waals surface area contributed by atoms with E-state index in [2.05, 4.69) is 26.7 Å². The van der Waals surface area contributed by atoms with Crippen molar-refractivity contribution in [3.8, 4) is 5.75 Å². The fourth-order valence-electron chi connectivity index (χ4n) is 3.13. The van der Waals surface area contributed by atoms with Gasteiger partial charge in [0.05, 0.1) is 12.7 Å². The first-order valence-electron chi connectivity index (χ1n) is 9.40. The number of anilines is 1. The molecular formula is C21H26N4O2. The summed E-state index contributed by atoms with van der Waals surface area (Å²) in [5.74, 6) is 1.15. The summed E-state index contributed by atoms with van der Waals surface area (Å²) in [5.41, 5.74) is 2.94. The van der Waals surface area contributed by atoms with Crippen LogP contribution < -0.4 is 15.4 Å². The van der Waals surface area contributed by atoms with E-state index in [4.69, 9.17) is 4.74 Å². The van der Waals surface area contributed by atoms with Gasteiger partial charge in [0.1, 0.15) is 5.75 Å². The summed E-state index contributed by atoms with van der Waals surface area (Å²) in [5, 5.41) is 6.09. The minimum absolute atomic E-state index is 0.136.